The van der Waals surface area contributed by atoms with Crippen LogP contribution in [0.1, 0.15) is 12.8 Å². The Kier molecular flexibility index (Phi) is 2.67. The fourth-order valence-electron chi connectivity index (χ4n) is 3.15. The Labute approximate surface area is 116 Å². The molecule has 2 aromatic rings. The molecule has 2 bridgehead atoms. The molecule has 5 heteroatoms. The predicted octanol–water partition coefficient (Wildman–Crippen LogP) is 2.77. The topological polar surface area (TPSA) is 32.5 Å². The molecule has 100 valence electrons. The van der Waals surface area contributed by atoms with Crippen LogP contribution in [0.5, 0.6) is 0 Å². The van der Waals surface area contributed by atoms with Gasteiger partial charge in [0.2, 0.25) is 0 Å². The molecule has 0 saturated carbocycles. The van der Waals surface area contributed by atoms with Gasteiger partial charge in [0.15, 0.2) is 5.58 Å². The maximum absolute atomic E-state index is 5.99. The average molecular weight is 278 g/mol. The van der Waals surface area contributed by atoms with E-state index in [9.17, 15) is 0 Å². The number of benzene rings is 1. The van der Waals surface area contributed by atoms with Gasteiger partial charge in [-0.1, -0.05) is 11.6 Å². The van der Waals surface area contributed by atoms with Gasteiger partial charge in [-0.3, -0.25) is 0 Å². The van der Waals surface area contributed by atoms with Gasteiger partial charge < -0.3 is 14.2 Å². The van der Waals surface area contributed by atoms with Gasteiger partial charge in [-0.05, 0) is 25.0 Å². The van der Waals surface area contributed by atoms with E-state index in [0.717, 1.165) is 30.2 Å². The molecule has 3 fully saturated rings. The van der Waals surface area contributed by atoms with Crippen LogP contribution in [0.15, 0.2) is 22.6 Å². The summed E-state index contributed by atoms with van der Waals surface area (Å²) in [5.41, 5.74) is 1.67. The predicted molar refractivity (Wildman–Crippen MR) is 75.8 cm³/mol. The number of rotatable bonds is 1. The van der Waals surface area contributed by atoms with Crippen molar-refractivity contribution in [3.05, 3.63) is 23.2 Å². The van der Waals surface area contributed by atoms with E-state index in [2.05, 4.69) is 14.8 Å². The lowest BCUT2D eigenvalue weighted by Gasteiger charge is -2.30. The van der Waals surface area contributed by atoms with Gasteiger partial charge in [-0.25, -0.2) is 0 Å². The zero-order valence-corrected chi connectivity index (χ0v) is 11.4. The molecule has 3 aliphatic heterocycles. The number of aromatic nitrogens is 1. The fraction of sp³-hybridized carbons (Fsp3) is 0.500. The fourth-order valence-corrected chi connectivity index (χ4v) is 3.31. The summed E-state index contributed by atoms with van der Waals surface area (Å²) >= 11 is 5.99. The van der Waals surface area contributed by atoms with Gasteiger partial charge in [0.1, 0.15) is 5.52 Å². The SMILES string of the molecule is Clc1ccc2nc(N3CCN4CCC3CC4)oc2c1. The third-order valence-electron chi connectivity index (χ3n) is 4.24. The summed E-state index contributed by atoms with van der Waals surface area (Å²) in [6.07, 6.45) is 2.42. The molecule has 0 N–H and O–H groups in total. The molecule has 1 aromatic carbocycles. The summed E-state index contributed by atoms with van der Waals surface area (Å²) in [5, 5.41) is 0.693. The lowest BCUT2D eigenvalue weighted by atomic mass is 10.1. The molecule has 19 heavy (non-hydrogen) atoms. The van der Waals surface area contributed by atoms with Crippen LogP contribution < -0.4 is 4.90 Å². The minimum Gasteiger partial charge on any atom is -0.423 e. The first kappa shape index (κ1) is 11.6. The first-order valence-electron chi connectivity index (χ1n) is 6.85. The van der Waals surface area contributed by atoms with Crippen molar-refractivity contribution < 1.29 is 4.42 Å². The molecule has 5 rings (SSSR count). The second kappa shape index (κ2) is 4.39. The lowest BCUT2D eigenvalue weighted by Crippen LogP contribution is -2.38. The number of oxazole rings is 1. The van der Waals surface area contributed by atoms with Crippen LogP contribution in [0.2, 0.25) is 5.02 Å². The molecule has 0 amide bonds. The number of anilines is 1. The van der Waals surface area contributed by atoms with E-state index in [4.69, 9.17) is 16.0 Å². The van der Waals surface area contributed by atoms with E-state index in [1.165, 1.54) is 25.9 Å². The summed E-state index contributed by atoms with van der Waals surface area (Å²) in [6.45, 7) is 4.52. The Morgan fingerprint density at radius 1 is 1.16 bits per heavy atom. The van der Waals surface area contributed by atoms with Crippen LogP contribution >= 0.6 is 11.6 Å². The summed E-state index contributed by atoms with van der Waals surface area (Å²) in [7, 11) is 0. The molecular weight excluding hydrogens is 262 g/mol. The highest BCUT2D eigenvalue weighted by molar-refractivity contribution is 6.31. The Morgan fingerprint density at radius 2 is 2.00 bits per heavy atom. The normalized spacial score (nSPS) is 26.9. The smallest absolute Gasteiger partial charge is 0.298 e. The third kappa shape index (κ3) is 1.99. The first-order chi connectivity index (χ1) is 9.29. The molecule has 3 saturated heterocycles. The minimum absolute atomic E-state index is 0.572. The Bertz CT molecular complexity index is 604. The van der Waals surface area contributed by atoms with Crippen LogP contribution in [0.4, 0.5) is 6.01 Å². The van der Waals surface area contributed by atoms with Crippen molar-refractivity contribution in [3.63, 3.8) is 0 Å². The largest absolute Gasteiger partial charge is 0.423 e. The Morgan fingerprint density at radius 3 is 2.84 bits per heavy atom. The number of hydrogen-bond acceptors (Lipinski definition) is 4. The van der Waals surface area contributed by atoms with E-state index in [0.29, 0.717) is 11.1 Å². The first-order valence-corrected chi connectivity index (χ1v) is 7.22. The van der Waals surface area contributed by atoms with Crippen molar-refractivity contribution >= 4 is 28.7 Å². The van der Waals surface area contributed by atoms with Crippen LogP contribution in [0.3, 0.4) is 0 Å². The number of piperidine rings is 1. The molecule has 0 spiro atoms. The molecule has 0 radical (unpaired) electrons. The number of fused-ring (bicyclic) bond motifs is 5. The number of nitrogens with zero attached hydrogens (tertiary/aromatic N) is 3. The number of halogens is 1. The molecule has 0 aliphatic carbocycles. The highest BCUT2D eigenvalue weighted by atomic mass is 35.5. The van der Waals surface area contributed by atoms with Gasteiger partial charge >= 0.3 is 0 Å². The van der Waals surface area contributed by atoms with E-state index >= 15 is 0 Å². The number of hydrogen-bond donors (Lipinski definition) is 0. The zero-order valence-electron chi connectivity index (χ0n) is 10.7. The lowest BCUT2D eigenvalue weighted by molar-refractivity contribution is 0.249. The van der Waals surface area contributed by atoms with Crippen molar-refractivity contribution in [2.75, 3.05) is 31.1 Å². The maximum Gasteiger partial charge on any atom is 0.298 e. The molecule has 4 nitrogen and oxygen atoms in total. The summed E-state index contributed by atoms with van der Waals surface area (Å²) in [5.74, 6) is 0. The van der Waals surface area contributed by atoms with Gasteiger partial charge in [-0.2, -0.15) is 4.98 Å². The third-order valence-corrected chi connectivity index (χ3v) is 4.47. The van der Waals surface area contributed by atoms with Crippen molar-refractivity contribution in [1.82, 2.24) is 9.88 Å². The average Bonchev–Trinajstić information content (AvgIpc) is 2.61. The van der Waals surface area contributed by atoms with E-state index < -0.39 is 0 Å². The van der Waals surface area contributed by atoms with E-state index in [1.54, 1.807) is 0 Å². The standard InChI is InChI=1S/C14H16ClN3O/c15-10-1-2-12-13(9-10)19-14(16-12)18-8-7-17-5-3-11(18)4-6-17/h1-2,9,11H,3-8H2. The Balaban J connectivity index is 1.72. The van der Waals surface area contributed by atoms with Crippen molar-refractivity contribution in [2.45, 2.75) is 18.9 Å². The van der Waals surface area contributed by atoms with Crippen molar-refractivity contribution in [1.29, 1.82) is 0 Å². The molecule has 4 heterocycles. The van der Waals surface area contributed by atoms with Crippen LogP contribution in [0, 0.1) is 0 Å². The van der Waals surface area contributed by atoms with Gasteiger partial charge in [0.05, 0.1) is 0 Å². The van der Waals surface area contributed by atoms with E-state index in [1.807, 2.05) is 18.2 Å². The van der Waals surface area contributed by atoms with Crippen molar-refractivity contribution in [3.8, 4) is 0 Å². The Hall–Kier alpha value is -1.26. The van der Waals surface area contributed by atoms with Crippen LogP contribution in [-0.2, 0) is 0 Å². The molecule has 1 aromatic heterocycles. The summed E-state index contributed by atoms with van der Waals surface area (Å²) in [4.78, 5) is 9.48. The maximum atomic E-state index is 5.99. The summed E-state index contributed by atoms with van der Waals surface area (Å²) < 4.78 is 5.91. The van der Waals surface area contributed by atoms with Gasteiger partial charge in [-0.15, -0.1) is 0 Å². The second-order valence-electron chi connectivity index (χ2n) is 5.37. The second-order valence-corrected chi connectivity index (χ2v) is 5.81. The zero-order chi connectivity index (χ0) is 12.8. The quantitative estimate of drug-likeness (QED) is 0.802. The van der Waals surface area contributed by atoms with Crippen molar-refractivity contribution in [2.24, 2.45) is 0 Å². The molecule has 3 aliphatic rings. The van der Waals surface area contributed by atoms with Gasteiger partial charge in [0, 0.05) is 43.3 Å². The highest BCUT2D eigenvalue weighted by Crippen LogP contribution is 2.29. The highest BCUT2D eigenvalue weighted by Gasteiger charge is 2.31. The minimum atomic E-state index is 0.572. The molecular formula is C14H16ClN3O. The van der Waals surface area contributed by atoms with Crippen LogP contribution in [-0.4, -0.2) is 42.1 Å². The molecule has 0 unspecified atom stereocenters. The monoisotopic (exact) mass is 277 g/mol. The van der Waals surface area contributed by atoms with Gasteiger partial charge in [0.25, 0.3) is 6.01 Å². The van der Waals surface area contributed by atoms with Crippen LogP contribution in [0.25, 0.3) is 11.1 Å². The summed E-state index contributed by atoms with van der Waals surface area (Å²) in [6, 6.07) is 6.94. The molecule has 0 atom stereocenters. The van der Waals surface area contributed by atoms with E-state index in [-0.39, 0.29) is 0 Å².